The molecule has 0 bridgehead atoms. The molecule has 1 aliphatic heterocycles. The van der Waals surface area contributed by atoms with Crippen molar-refractivity contribution < 1.29 is 19.4 Å². The largest absolute Gasteiger partial charge is 0.503 e. The summed E-state index contributed by atoms with van der Waals surface area (Å²) in [6.45, 7) is 6.85. The number of hydrogen-bond donors (Lipinski definition) is 1. The number of ketones is 1. The molecule has 0 fully saturated rings. The molecule has 5 rings (SSSR count). The standard InChI is InChI=1S/C34H33N3O4S2/c1-22(2)18-19-41-27-11-7-10-26(20-27)30-29(28(38)17-16-24-8-5-4-6-9-24)31(39)32(40)37(30)33-35-36-34(43-33)42-21-25-14-12-23(3)13-15-25/h4-17,20,22,30,39H,18-19,21H2,1-3H3. The molecule has 0 saturated heterocycles. The lowest BCUT2D eigenvalue weighted by Crippen LogP contribution is -2.30. The van der Waals surface area contributed by atoms with Crippen molar-refractivity contribution in [3.05, 3.63) is 119 Å². The number of carbonyl (C=O) groups excluding carboxylic acids is 2. The van der Waals surface area contributed by atoms with Gasteiger partial charge in [-0.3, -0.25) is 14.5 Å². The summed E-state index contributed by atoms with van der Waals surface area (Å²) in [7, 11) is 0. The average Bonchev–Trinajstić information content (AvgIpc) is 3.58. The number of aryl methyl sites for hydroxylation is 1. The number of benzene rings is 3. The Hall–Kier alpha value is -4.21. The summed E-state index contributed by atoms with van der Waals surface area (Å²) >= 11 is 2.77. The van der Waals surface area contributed by atoms with Gasteiger partial charge in [-0.25, -0.2) is 0 Å². The molecule has 0 spiro atoms. The zero-order chi connectivity index (χ0) is 30.3. The van der Waals surface area contributed by atoms with E-state index in [0.29, 0.717) is 39.1 Å². The van der Waals surface area contributed by atoms with Crippen molar-refractivity contribution in [2.75, 3.05) is 11.5 Å². The lowest BCUT2D eigenvalue weighted by molar-refractivity contribution is -0.117. The van der Waals surface area contributed by atoms with Crippen LogP contribution in [0.1, 0.15) is 48.6 Å². The van der Waals surface area contributed by atoms with Gasteiger partial charge in [-0.2, -0.15) is 0 Å². The normalized spacial score (nSPS) is 15.2. The summed E-state index contributed by atoms with van der Waals surface area (Å²) < 4.78 is 6.67. The molecule has 220 valence electrons. The minimum Gasteiger partial charge on any atom is -0.503 e. The third-order valence-corrected chi connectivity index (χ3v) is 9.05. The number of rotatable bonds is 12. The first-order valence-corrected chi connectivity index (χ1v) is 15.9. The van der Waals surface area contributed by atoms with Crippen LogP contribution in [0.15, 0.2) is 101 Å². The maximum atomic E-state index is 13.6. The lowest BCUT2D eigenvalue weighted by Gasteiger charge is -2.24. The van der Waals surface area contributed by atoms with Gasteiger partial charge in [-0.1, -0.05) is 115 Å². The number of nitrogens with zero attached hydrogens (tertiary/aromatic N) is 3. The molecule has 0 radical (unpaired) electrons. The predicted molar refractivity (Wildman–Crippen MR) is 172 cm³/mol. The second-order valence-electron chi connectivity index (χ2n) is 10.7. The lowest BCUT2D eigenvalue weighted by atomic mass is 9.95. The molecular formula is C34H33N3O4S2. The van der Waals surface area contributed by atoms with E-state index in [9.17, 15) is 14.7 Å². The van der Waals surface area contributed by atoms with Crippen LogP contribution in [0, 0.1) is 12.8 Å². The third kappa shape index (κ3) is 7.42. The van der Waals surface area contributed by atoms with E-state index in [0.717, 1.165) is 17.5 Å². The van der Waals surface area contributed by atoms with Crippen LogP contribution in [0.5, 0.6) is 5.75 Å². The van der Waals surface area contributed by atoms with Gasteiger partial charge in [-0.05, 0) is 54.2 Å². The van der Waals surface area contributed by atoms with Gasteiger partial charge in [0.2, 0.25) is 5.13 Å². The Morgan fingerprint density at radius 1 is 1.07 bits per heavy atom. The molecule has 1 aromatic heterocycles. The number of aliphatic hydroxyl groups excluding tert-OH is 1. The molecule has 9 heteroatoms. The van der Waals surface area contributed by atoms with Crippen molar-refractivity contribution in [2.24, 2.45) is 5.92 Å². The van der Waals surface area contributed by atoms with Crippen LogP contribution in [0.25, 0.3) is 6.08 Å². The first-order chi connectivity index (χ1) is 20.8. The van der Waals surface area contributed by atoms with E-state index in [2.05, 4.69) is 48.3 Å². The minimum atomic E-state index is -0.906. The maximum Gasteiger partial charge on any atom is 0.296 e. The molecular weight excluding hydrogens is 579 g/mol. The third-order valence-electron chi connectivity index (χ3n) is 6.92. The van der Waals surface area contributed by atoms with Crippen LogP contribution in [-0.2, 0) is 15.3 Å². The Morgan fingerprint density at radius 2 is 1.84 bits per heavy atom. The SMILES string of the molecule is Cc1ccc(CSc2nnc(N3C(=O)C(O)=C(C(=O)C=Cc4ccccc4)C3c3cccc(OCCC(C)C)c3)s2)cc1. The number of ether oxygens (including phenoxy) is 1. The van der Waals surface area contributed by atoms with Crippen LogP contribution in [0.3, 0.4) is 0 Å². The Bertz CT molecular complexity index is 1650. The van der Waals surface area contributed by atoms with Gasteiger partial charge in [0.1, 0.15) is 5.75 Å². The van der Waals surface area contributed by atoms with E-state index in [1.54, 1.807) is 6.08 Å². The van der Waals surface area contributed by atoms with Crippen molar-refractivity contribution >= 4 is 46.0 Å². The second-order valence-corrected chi connectivity index (χ2v) is 12.9. The Kier molecular flexibility index (Phi) is 9.74. The van der Waals surface area contributed by atoms with Gasteiger partial charge >= 0.3 is 0 Å². The summed E-state index contributed by atoms with van der Waals surface area (Å²) in [5, 5.41) is 20.0. The Balaban J connectivity index is 1.46. The van der Waals surface area contributed by atoms with Gasteiger partial charge in [-0.15, -0.1) is 10.2 Å². The second kappa shape index (κ2) is 13.8. The Morgan fingerprint density at radius 3 is 2.58 bits per heavy atom. The zero-order valence-electron chi connectivity index (χ0n) is 24.3. The highest BCUT2D eigenvalue weighted by Gasteiger charge is 2.45. The summed E-state index contributed by atoms with van der Waals surface area (Å²) in [5.74, 6) is 0.0466. The number of aromatic nitrogens is 2. The fraction of sp³-hybridized carbons (Fsp3) is 0.235. The number of anilines is 1. The molecule has 1 amide bonds. The molecule has 4 aromatic rings. The molecule has 0 saturated carbocycles. The Labute approximate surface area is 259 Å². The number of aliphatic hydroxyl groups is 1. The topological polar surface area (TPSA) is 92.6 Å². The van der Waals surface area contributed by atoms with E-state index in [1.807, 2.05) is 61.5 Å². The summed E-state index contributed by atoms with van der Waals surface area (Å²) in [6, 6.07) is 24.0. The summed E-state index contributed by atoms with van der Waals surface area (Å²) in [5.41, 5.74) is 3.78. The molecule has 3 aromatic carbocycles. The number of thioether (sulfide) groups is 1. The number of hydrogen-bond acceptors (Lipinski definition) is 8. The highest BCUT2D eigenvalue weighted by atomic mass is 32.2. The first kappa shape index (κ1) is 30.3. The van der Waals surface area contributed by atoms with Gasteiger partial charge in [0.05, 0.1) is 18.2 Å². The van der Waals surface area contributed by atoms with Gasteiger partial charge in [0, 0.05) is 5.75 Å². The number of allylic oxidation sites excluding steroid dienone is 1. The average molecular weight is 612 g/mol. The van der Waals surface area contributed by atoms with Gasteiger partial charge < -0.3 is 9.84 Å². The van der Waals surface area contributed by atoms with Crippen molar-refractivity contribution in [3.8, 4) is 5.75 Å². The van der Waals surface area contributed by atoms with Crippen LogP contribution < -0.4 is 9.64 Å². The van der Waals surface area contributed by atoms with E-state index in [4.69, 9.17) is 4.74 Å². The molecule has 1 aliphatic rings. The molecule has 1 N–H and O–H groups in total. The van der Waals surface area contributed by atoms with Gasteiger partial charge in [0.15, 0.2) is 15.9 Å². The highest BCUT2D eigenvalue weighted by Crippen LogP contribution is 2.44. The van der Waals surface area contributed by atoms with Crippen LogP contribution in [0.4, 0.5) is 5.13 Å². The predicted octanol–water partition coefficient (Wildman–Crippen LogP) is 7.75. The fourth-order valence-corrected chi connectivity index (χ4v) is 6.39. The molecule has 2 heterocycles. The maximum absolute atomic E-state index is 13.6. The van der Waals surface area contributed by atoms with Crippen molar-refractivity contribution in [3.63, 3.8) is 0 Å². The van der Waals surface area contributed by atoms with Crippen molar-refractivity contribution in [2.45, 2.75) is 43.3 Å². The van der Waals surface area contributed by atoms with E-state index >= 15 is 0 Å². The highest BCUT2D eigenvalue weighted by molar-refractivity contribution is 8.00. The molecule has 1 atom stereocenters. The van der Waals surface area contributed by atoms with Gasteiger partial charge in [0.25, 0.3) is 5.91 Å². The van der Waals surface area contributed by atoms with Crippen LogP contribution in [0.2, 0.25) is 0 Å². The zero-order valence-corrected chi connectivity index (χ0v) is 25.9. The summed E-state index contributed by atoms with van der Waals surface area (Å²) in [4.78, 5) is 28.5. The monoisotopic (exact) mass is 611 g/mol. The molecule has 43 heavy (non-hydrogen) atoms. The minimum absolute atomic E-state index is 0.0134. The fourth-order valence-electron chi connectivity index (χ4n) is 4.57. The van der Waals surface area contributed by atoms with Crippen molar-refractivity contribution in [1.82, 2.24) is 10.2 Å². The molecule has 1 unspecified atom stereocenters. The molecule has 7 nitrogen and oxygen atoms in total. The quantitative estimate of drug-likeness (QED) is 0.0995. The van der Waals surface area contributed by atoms with E-state index in [1.165, 1.54) is 39.6 Å². The van der Waals surface area contributed by atoms with Crippen LogP contribution in [-0.4, -0.2) is 33.6 Å². The summed E-state index contributed by atoms with van der Waals surface area (Å²) in [6.07, 6.45) is 3.94. The first-order valence-electron chi connectivity index (χ1n) is 14.1. The van der Waals surface area contributed by atoms with Crippen molar-refractivity contribution in [1.29, 1.82) is 0 Å². The van der Waals surface area contributed by atoms with Crippen LogP contribution >= 0.6 is 23.1 Å². The number of amides is 1. The number of carbonyl (C=O) groups is 2. The van der Waals surface area contributed by atoms with E-state index < -0.39 is 23.5 Å². The smallest absolute Gasteiger partial charge is 0.296 e. The van der Waals surface area contributed by atoms with E-state index in [-0.39, 0.29) is 5.57 Å². The molecule has 0 aliphatic carbocycles.